The van der Waals surface area contributed by atoms with Crippen LogP contribution < -0.4 is 10.6 Å². The van der Waals surface area contributed by atoms with Crippen molar-refractivity contribution in [3.05, 3.63) is 11.9 Å². The van der Waals surface area contributed by atoms with Crippen molar-refractivity contribution < 1.29 is 0 Å². The lowest BCUT2D eigenvalue weighted by molar-refractivity contribution is 0.476. The highest BCUT2D eigenvalue weighted by Crippen LogP contribution is 2.39. The van der Waals surface area contributed by atoms with Crippen molar-refractivity contribution in [2.24, 2.45) is 0 Å². The van der Waals surface area contributed by atoms with Gasteiger partial charge in [0.15, 0.2) is 0 Å². The van der Waals surface area contributed by atoms with Crippen LogP contribution in [0.1, 0.15) is 58.2 Å². The first-order chi connectivity index (χ1) is 8.60. The molecule has 0 bridgehead atoms. The smallest absolute Gasteiger partial charge is 0.136 e. The molecule has 1 aliphatic carbocycles. The van der Waals surface area contributed by atoms with E-state index in [1.54, 1.807) is 0 Å². The summed E-state index contributed by atoms with van der Waals surface area (Å²) in [5, 5.41) is 6.68. The molecule has 1 heterocycles. The maximum atomic E-state index is 4.66. The van der Waals surface area contributed by atoms with Gasteiger partial charge in [-0.15, -0.1) is 0 Å². The zero-order valence-corrected chi connectivity index (χ0v) is 11.9. The predicted molar refractivity (Wildman–Crippen MR) is 76.2 cm³/mol. The van der Waals surface area contributed by atoms with E-state index in [4.69, 9.17) is 0 Å². The van der Waals surface area contributed by atoms with Gasteiger partial charge in [0.25, 0.3) is 0 Å². The number of aromatic nitrogens is 2. The third-order valence-corrected chi connectivity index (χ3v) is 3.93. The maximum absolute atomic E-state index is 4.66. The molecule has 1 aliphatic rings. The molecule has 4 nitrogen and oxygen atoms in total. The van der Waals surface area contributed by atoms with Gasteiger partial charge in [0, 0.05) is 24.6 Å². The van der Waals surface area contributed by atoms with Crippen molar-refractivity contribution in [1.29, 1.82) is 0 Å². The van der Waals surface area contributed by atoms with Crippen LogP contribution in [-0.2, 0) is 0 Å². The van der Waals surface area contributed by atoms with Gasteiger partial charge in [0.2, 0.25) is 0 Å². The summed E-state index contributed by atoms with van der Waals surface area (Å²) in [4.78, 5) is 9.20. The molecule has 0 atom stereocenters. The fourth-order valence-electron chi connectivity index (χ4n) is 1.92. The molecule has 0 aliphatic heterocycles. The van der Waals surface area contributed by atoms with Crippen molar-refractivity contribution in [2.45, 2.75) is 57.9 Å². The maximum Gasteiger partial charge on any atom is 0.136 e. The quantitative estimate of drug-likeness (QED) is 0.810. The highest BCUT2D eigenvalue weighted by molar-refractivity contribution is 5.49. The van der Waals surface area contributed by atoms with E-state index in [1.807, 2.05) is 13.1 Å². The van der Waals surface area contributed by atoms with Crippen LogP contribution in [-0.4, -0.2) is 22.6 Å². The number of nitrogens with one attached hydrogen (secondary N) is 2. The molecular formula is C14H24N4. The molecule has 1 saturated carbocycles. The zero-order chi connectivity index (χ0) is 13.2. The van der Waals surface area contributed by atoms with Crippen LogP contribution in [0, 0.1) is 0 Å². The summed E-state index contributed by atoms with van der Waals surface area (Å²) in [6, 6.07) is 2.00. The Morgan fingerprint density at radius 2 is 1.83 bits per heavy atom. The summed E-state index contributed by atoms with van der Waals surface area (Å²) in [5.74, 6) is 3.42. The first-order valence-electron chi connectivity index (χ1n) is 6.95. The Bertz CT molecular complexity index is 408. The summed E-state index contributed by atoms with van der Waals surface area (Å²) in [5.41, 5.74) is 0.111. The van der Waals surface area contributed by atoms with Crippen LogP contribution in [0.3, 0.4) is 0 Å². The highest BCUT2D eigenvalue weighted by atomic mass is 15.1. The molecule has 0 amide bonds. The molecule has 1 aromatic heterocycles. The van der Waals surface area contributed by atoms with E-state index in [9.17, 15) is 0 Å². The van der Waals surface area contributed by atoms with E-state index in [-0.39, 0.29) is 5.54 Å². The second-order valence-electron chi connectivity index (χ2n) is 5.41. The van der Waals surface area contributed by atoms with E-state index in [0.717, 1.165) is 30.3 Å². The average molecular weight is 248 g/mol. The van der Waals surface area contributed by atoms with Crippen LogP contribution in [0.5, 0.6) is 0 Å². The van der Waals surface area contributed by atoms with Gasteiger partial charge in [0.1, 0.15) is 17.5 Å². The van der Waals surface area contributed by atoms with E-state index < -0.39 is 0 Å². The molecule has 4 heteroatoms. The lowest BCUT2D eigenvalue weighted by Crippen LogP contribution is -2.33. The molecule has 1 fully saturated rings. The Labute approximate surface area is 110 Å². The Balaban J connectivity index is 2.23. The molecule has 0 aromatic carbocycles. The summed E-state index contributed by atoms with van der Waals surface area (Å²) in [7, 11) is 1.90. The van der Waals surface area contributed by atoms with E-state index in [0.29, 0.717) is 5.92 Å². The van der Waals surface area contributed by atoms with Gasteiger partial charge in [-0.3, -0.25) is 0 Å². The van der Waals surface area contributed by atoms with Crippen molar-refractivity contribution >= 4 is 11.6 Å². The second kappa shape index (κ2) is 5.12. The molecule has 100 valence electrons. The molecule has 0 spiro atoms. The Morgan fingerprint density at radius 1 is 1.22 bits per heavy atom. The number of anilines is 2. The third-order valence-electron chi connectivity index (χ3n) is 3.93. The molecule has 0 unspecified atom stereocenters. The Hall–Kier alpha value is -1.32. The first kappa shape index (κ1) is 13.1. The standard InChI is InChI=1S/C14H24N4/c1-5-14(3,6-2)18-12-9-11(15-4)16-13(17-12)10-7-8-10/h9-10H,5-8H2,1-4H3,(H2,15,16,17,18). The fourth-order valence-corrected chi connectivity index (χ4v) is 1.92. The van der Waals surface area contributed by atoms with Gasteiger partial charge >= 0.3 is 0 Å². The van der Waals surface area contributed by atoms with Crippen molar-refractivity contribution in [3.8, 4) is 0 Å². The normalized spacial score (nSPS) is 15.6. The zero-order valence-electron chi connectivity index (χ0n) is 11.9. The molecule has 1 aromatic rings. The third kappa shape index (κ3) is 2.92. The predicted octanol–water partition coefficient (Wildman–Crippen LogP) is 3.39. The monoisotopic (exact) mass is 248 g/mol. The lowest BCUT2D eigenvalue weighted by atomic mass is 9.96. The molecule has 18 heavy (non-hydrogen) atoms. The highest BCUT2D eigenvalue weighted by Gasteiger charge is 2.28. The molecular weight excluding hydrogens is 224 g/mol. The van der Waals surface area contributed by atoms with E-state index >= 15 is 0 Å². The number of rotatable bonds is 6. The minimum atomic E-state index is 0.111. The average Bonchev–Trinajstić information content (AvgIpc) is 3.22. The van der Waals surface area contributed by atoms with Gasteiger partial charge in [-0.2, -0.15) is 0 Å². The van der Waals surface area contributed by atoms with E-state index in [1.165, 1.54) is 12.8 Å². The summed E-state index contributed by atoms with van der Waals surface area (Å²) >= 11 is 0. The molecule has 2 N–H and O–H groups in total. The number of nitrogens with zero attached hydrogens (tertiary/aromatic N) is 2. The minimum Gasteiger partial charge on any atom is -0.373 e. The minimum absolute atomic E-state index is 0.111. The molecule has 0 radical (unpaired) electrons. The Morgan fingerprint density at radius 3 is 2.33 bits per heavy atom. The van der Waals surface area contributed by atoms with Crippen molar-refractivity contribution in [2.75, 3.05) is 17.7 Å². The van der Waals surface area contributed by atoms with Crippen LogP contribution >= 0.6 is 0 Å². The van der Waals surface area contributed by atoms with Gasteiger partial charge in [-0.05, 0) is 32.6 Å². The fraction of sp³-hybridized carbons (Fsp3) is 0.714. The number of hydrogen-bond donors (Lipinski definition) is 2. The van der Waals surface area contributed by atoms with Crippen LogP contribution in [0.4, 0.5) is 11.6 Å². The van der Waals surface area contributed by atoms with E-state index in [2.05, 4.69) is 41.4 Å². The van der Waals surface area contributed by atoms with Crippen LogP contribution in [0.25, 0.3) is 0 Å². The second-order valence-corrected chi connectivity index (χ2v) is 5.41. The molecule has 2 rings (SSSR count). The lowest BCUT2D eigenvalue weighted by Gasteiger charge is -2.29. The summed E-state index contributed by atoms with van der Waals surface area (Å²) in [6.45, 7) is 6.65. The SMILES string of the molecule is CCC(C)(CC)Nc1cc(NC)nc(C2CC2)n1. The largest absolute Gasteiger partial charge is 0.373 e. The van der Waals surface area contributed by atoms with Gasteiger partial charge in [-0.25, -0.2) is 9.97 Å². The van der Waals surface area contributed by atoms with Crippen molar-refractivity contribution in [3.63, 3.8) is 0 Å². The number of hydrogen-bond acceptors (Lipinski definition) is 4. The van der Waals surface area contributed by atoms with Gasteiger partial charge < -0.3 is 10.6 Å². The topological polar surface area (TPSA) is 49.8 Å². The summed E-state index contributed by atoms with van der Waals surface area (Å²) < 4.78 is 0. The first-order valence-corrected chi connectivity index (χ1v) is 6.95. The van der Waals surface area contributed by atoms with Crippen LogP contribution in [0.15, 0.2) is 6.07 Å². The van der Waals surface area contributed by atoms with Gasteiger partial charge in [-0.1, -0.05) is 13.8 Å². The van der Waals surface area contributed by atoms with Crippen LogP contribution in [0.2, 0.25) is 0 Å². The Kier molecular flexibility index (Phi) is 3.73. The summed E-state index contributed by atoms with van der Waals surface area (Å²) in [6.07, 6.45) is 4.62. The van der Waals surface area contributed by atoms with Crippen molar-refractivity contribution in [1.82, 2.24) is 9.97 Å². The van der Waals surface area contributed by atoms with Gasteiger partial charge in [0.05, 0.1) is 0 Å². The molecule has 0 saturated heterocycles.